The molecule has 0 saturated heterocycles. The largest absolute Gasteiger partial charge is 0.348 e. The second-order valence-electron chi connectivity index (χ2n) is 4.05. The van der Waals surface area contributed by atoms with E-state index in [0.29, 0.717) is 18.7 Å². The van der Waals surface area contributed by atoms with Gasteiger partial charge in [0.1, 0.15) is 0 Å². The van der Waals surface area contributed by atoms with Gasteiger partial charge in [-0.15, -0.1) is 5.10 Å². The lowest BCUT2D eigenvalue weighted by Gasteiger charge is -2.08. The third kappa shape index (κ3) is 2.59. The normalized spacial score (nSPS) is 11.1. The van der Waals surface area contributed by atoms with Crippen LogP contribution in [0, 0.1) is 0 Å². The Morgan fingerprint density at radius 3 is 2.47 bits per heavy atom. The maximum absolute atomic E-state index is 11.7. The highest BCUT2D eigenvalue weighted by atomic mass is 16.2. The van der Waals surface area contributed by atoms with Gasteiger partial charge < -0.3 is 4.90 Å². The van der Waals surface area contributed by atoms with Gasteiger partial charge in [-0.3, -0.25) is 9.88 Å². The Labute approximate surface area is 89.5 Å². The Hall–Kier alpha value is -1.30. The summed E-state index contributed by atoms with van der Waals surface area (Å²) in [6.07, 6.45) is 0. The Morgan fingerprint density at radius 1 is 1.47 bits per heavy atom. The average molecular weight is 213 g/mol. The molecule has 0 saturated carbocycles. The average Bonchev–Trinajstić information content (AvgIpc) is 2.41. The zero-order valence-electron chi connectivity index (χ0n) is 9.98. The molecule has 1 aromatic rings. The monoisotopic (exact) mass is 213 g/mol. The van der Waals surface area contributed by atoms with Gasteiger partial charge in [0.05, 0.1) is 6.67 Å². The summed E-state index contributed by atoms with van der Waals surface area (Å²) < 4.78 is 2.96. The lowest BCUT2D eigenvalue weighted by molar-refractivity contribution is 0.454. The van der Waals surface area contributed by atoms with Crippen molar-refractivity contribution in [1.82, 2.24) is 19.7 Å². The van der Waals surface area contributed by atoms with Gasteiger partial charge in [0.2, 0.25) is 5.95 Å². The minimum absolute atomic E-state index is 0.105. The molecule has 0 aromatic carbocycles. The molecule has 86 valence electrons. The van der Waals surface area contributed by atoms with Gasteiger partial charge in [-0.25, -0.2) is 4.79 Å². The van der Waals surface area contributed by atoms with Gasteiger partial charge in [0.25, 0.3) is 0 Å². The Kier molecular flexibility index (Phi) is 3.52. The standard InChI is InChI=1S/C9H19N5O/c1-7(2)10-6-14-9(15)13(5)8(11-14)12(3)4/h7,10H,6H2,1-5H3. The van der Waals surface area contributed by atoms with E-state index in [2.05, 4.69) is 10.4 Å². The van der Waals surface area contributed by atoms with Crippen molar-refractivity contribution in [3.63, 3.8) is 0 Å². The topological polar surface area (TPSA) is 55.1 Å². The van der Waals surface area contributed by atoms with Gasteiger partial charge in [-0.1, -0.05) is 0 Å². The second kappa shape index (κ2) is 4.48. The quantitative estimate of drug-likeness (QED) is 0.739. The van der Waals surface area contributed by atoms with Gasteiger partial charge in [-0.2, -0.15) is 4.68 Å². The first-order chi connectivity index (χ1) is 6.93. The van der Waals surface area contributed by atoms with E-state index >= 15 is 0 Å². The van der Waals surface area contributed by atoms with Crippen molar-refractivity contribution in [2.45, 2.75) is 26.6 Å². The molecule has 0 aliphatic heterocycles. The first-order valence-corrected chi connectivity index (χ1v) is 4.98. The van der Waals surface area contributed by atoms with Crippen LogP contribution in [0.25, 0.3) is 0 Å². The van der Waals surface area contributed by atoms with Crippen LogP contribution >= 0.6 is 0 Å². The van der Waals surface area contributed by atoms with E-state index in [1.807, 2.05) is 32.8 Å². The molecule has 0 aliphatic carbocycles. The molecule has 1 heterocycles. The molecular formula is C9H19N5O. The molecule has 0 aliphatic rings. The van der Waals surface area contributed by atoms with Crippen molar-refractivity contribution in [2.75, 3.05) is 19.0 Å². The minimum Gasteiger partial charge on any atom is -0.347 e. The van der Waals surface area contributed by atoms with Crippen LogP contribution in [0.4, 0.5) is 5.95 Å². The third-order valence-corrected chi connectivity index (χ3v) is 2.07. The van der Waals surface area contributed by atoms with Crippen molar-refractivity contribution in [1.29, 1.82) is 0 Å². The van der Waals surface area contributed by atoms with E-state index in [0.717, 1.165) is 0 Å². The van der Waals surface area contributed by atoms with Gasteiger partial charge in [-0.05, 0) is 13.8 Å². The summed E-state index contributed by atoms with van der Waals surface area (Å²) in [5.41, 5.74) is -0.105. The summed E-state index contributed by atoms with van der Waals surface area (Å²) in [7, 11) is 5.44. The first-order valence-electron chi connectivity index (χ1n) is 4.98. The Morgan fingerprint density at radius 2 is 2.07 bits per heavy atom. The summed E-state index contributed by atoms with van der Waals surface area (Å²) in [5, 5.41) is 7.36. The fourth-order valence-electron chi connectivity index (χ4n) is 1.24. The molecule has 6 heteroatoms. The summed E-state index contributed by atoms with van der Waals surface area (Å²) in [6.45, 7) is 4.50. The van der Waals surface area contributed by atoms with Crippen LogP contribution in [0.15, 0.2) is 4.79 Å². The molecule has 0 fully saturated rings. The molecule has 6 nitrogen and oxygen atoms in total. The first kappa shape index (κ1) is 11.8. The Balaban J connectivity index is 2.91. The molecule has 1 aromatic heterocycles. The zero-order chi connectivity index (χ0) is 11.6. The highest BCUT2D eigenvalue weighted by molar-refractivity contribution is 5.25. The third-order valence-electron chi connectivity index (χ3n) is 2.07. The smallest absolute Gasteiger partial charge is 0.347 e. The number of anilines is 1. The molecule has 0 radical (unpaired) electrons. The van der Waals surface area contributed by atoms with Crippen molar-refractivity contribution in [3.05, 3.63) is 10.5 Å². The molecule has 15 heavy (non-hydrogen) atoms. The predicted octanol–water partition coefficient (Wildman–Crippen LogP) is -0.397. The van der Waals surface area contributed by atoms with E-state index in [1.54, 1.807) is 7.05 Å². The maximum atomic E-state index is 11.7. The predicted molar refractivity (Wildman–Crippen MR) is 60.1 cm³/mol. The van der Waals surface area contributed by atoms with Gasteiger partial charge in [0, 0.05) is 27.2 Å². The van der Waals surface area contributed by atoms with E-state index in [-0.39, 0.29) is 5.69 Å². The van der Waals surface area contributed by atoms with Crippen LogP contribution in [-0.4, -0.2) is 34.5 Å². The minimum atomic E-state index is -0.105. The summed E-state index contributed by atoms with van der Waals surface area (Å²) >= 11 is 0. The van der Waals surface area contributed by atoms with Crippen LogP contribution in [0.1, 0.15) is 13.8 Å². The van der Waals surface area contributed by atoms with Crippen LogP contribution in [0.3, 0.4) is 0 Å². The summed E-state index contributed by atoms with van der Waals surface area (Å²) in [6, 6.07) is 0.335. The molecule has 0 spiro atoms. The molecule has 0 bridgehead atoms. The highest BCUT2D eigenvalue weighted by Crippen LogP contribution is 2.00. The molecule has 1 N–H and O–H groups in total. The number of nitrogens with one attached hydrogen (secondary N) is 1. The molecule has 0 unspecified atom stereocenters. The summed E-state index contributed by atoms with van der Waals surface area (Å²) in [4.78, 5) is 13.5. The second-order valence-corrected chi connectivity index (χ2v) is 4.05. The molecular weight excluding hydrogens is 194 g/mol. The number of hydrogen-bond donors (Lipinski definition) is 1. The lowest BCUT2D eigenvalue weighted by atomic mass is 10.4. The number of hydrogen-bond acceptors (Lipinski definition) is 4. The van der Waals surface area contributed by atoms with Crippen molar-refractivity contribution >= 4 is 5.95 Å². The van der Waals surface area contributed by atoms with Crippen LogP contribution in [-0.2, 0) is 13.7 Å². The molecule has 0 atom stereocenters. The lowest BCUT2D eigenvalue weighted by Crippen LogP contribution is -2.33. The van der Waals surface area contributed by atoms with Crippen LogP contribution in [0.5, 0.6) is 0 Å². The highest BCUT2D eigenvalue weighted by Gasteiger charge is 2.10. The SMILES string of the molecule is CC(C)NCn1nc(N(C)C)n(C)c1=O. The maximum Gasteiger partial charge on any atom is 0.348 e. The number of aromatic nitrogens is 3. The fourth-order valence-corrected chi connectivity index (χ4v) is 1.24. The van der Waals surface area contributed by atoms with E-state index in [1.165, 1.54) is 9.25 Å². The molecule has 0 amide bonds. The van der Waals surface area contributed by atoms with Gasteiger partial charge in [0.15, 0.2) is 0 Å². The van der Waals surface area contributed by atoms with Crippen molar-refractivity contribution in [3.8, 4) is 0 Å². The van der Waals surface area contributed by atoms with Crippen molar-refractivity contribution < 1.29 is 0 Å². The number of nitrogens with zero attached hydrogens (tertiary/aromatic N) is 4. The van der Waals surface area contributed by atoms with Crippen LogP contribution in [0.2, 0.25) is 0 Å². The van der Waals surface area contributed by atoms with Gasteiger partial charge >= 0.3 is 5.69 Å². The summed E-state index contributed by atoms with van der Waals surface area (Å²) in [5.74, 6) is 0.658. The van der Waals surface area contributed by atoms with E-state index in [4.69, 9.17) is 0 Å². The van der Waals surface area contributed by atoms with E-state index < -0.39 is 0 Å². The van der Waals surface area contributed by atoms with Crippen LogP contribution < -0.4 is 15.9 Å². The number of rotatable bonds is 4. The Bertz CT molecular complexity index is 376. The fraction of sp³-hybridized carbons (Fsp3) is 0.778. The molecule has 1 rings (SSSR count). The van der Waals surface area contributed by atoms with Crippen molar-refractivity contribution in [2.24, 2.45) is 7.05 Å². The van der Waals surface area contributed by atoms with E-state index in [9.17, 15) is 4.79 Å². The zero-order valence-corrected chi connectivity index (χ0v) is 9.98.